The Balaban J connectivity index is 4.37. The van der Waals surface area contributed by atoms with Gasteiger partial charge in [0.25, 0.3) is 0 Å². The van der Waals surface area contributed by atoms with Crippen LogP contribution in [0.1, 0.15) is 20.8 Å². The Kier molecular flexibility index (Phi) is 6.64. The standard InChI is InChI=1S/C13H26N4O3/c1-9(11(19)16(4)5)15-10(18)8-14-13(2,3)12(20)17(6)7/h9,14H,8H2,1-7H3,(H,15,18)/t9-/m0/s1. The average Bonchev–Trinajstić information content (AvgIpc) is 2.34. The van der Waals surface area contributed by atoms with E-state index in [1.54, 1.807) is 49.0 Å². The molecule has 0 radical (unpaired) electrons. The maximum Gasteiger partial charge on any atom is 0.244 e. The number of nitrogens with zero attached hydrogens (tertiary/aromatic N) is 2. The molecule has 7 heteroatoms. The third kappa shape index (κ3) is 5.56. The molecule has 1 atom stereocenters. The van der Waals surface area contributed by atoms with Gasteiger partial charge in [0.05, 0.1) is 12.1 Å². The second-order valence-electron chi connectivity index (χ2n) is 5.70. The van der Waals surface area contributed by atoms with Crippen LogP contribution in [0.25, 0.3) is 0 Å². The molecule has 0 aromatic heterocycles. The molecule has 3 amide bonds. The van der Waals surface area contributed by atoms with Crippen LogP contribution in [0.4, 0.5) is 0 Å². The maximum atomic E-state index is 11.9. The fourth-order valence-corrected chi connectivity index (χ4v) is 1.68. The van der Waals surface area contributed by atoms with Crippen LogP contribution in [0, 0.1) is 0 Å². The van der Waals surface area contributed by atoms with E-state index in [0.717, 1.165) is 0 Å². The van der Waals surface area contributed by atoms with Gasteiger partial charge < -0.3 is 15.1 Å². The van der Waals surface area contributed by atoms with Gasteiger partial charge in [-0.05, 0) is 20.8 Å². The van der Waals surface area contributed by atoms with Crippen molar-refractivity contribution in [1.29, 1.82) is 0 Å². The van der Waals surface area contributed by atoms with E-state index in [9.17, 15) is 14.4 Å². The molecule has 0 spiro atoms. The van der Waals surface area contributed by atoms with Crippen molar-refractivity contribution in [1.82, 2.24) is 20.4 Å². The first-order chi connectivity index (χ1) is 8.99. The van der Waals surface area contributed by atoms with Gasteiger partial charge in [0.2, 0.25) is 17.7 Å². The largest absolute Gasteiger partial charge is 0.347 e. The molecule has 116 valence electrons. The van der Waals surface area contributed by atoms with Gasteiger partial charge in [0.1, 0.15) is 6.04 Å². The van der Waals surface area contributed by atoms with Gasteiger partial charge in [-0.15, -0.1) is 0 Å². The summed E-state index contributed by atoms with van der Waals surface area (Å²) in [6.45, 7) is 5.00. The van der Waals surface area contributed by atoms with Crippen LogP contribution >= 0.6 is 0 Å². The molecule has 0 aliphatic heterocycles. The highest BCUT2D eigenvalue weighted by molar-refractivity contribution is 5.89. The Morgan fingerprint density at radius 1 is 1.05 bits per heavy atom. The van der Waals surface area contributed by atoms with Gasteiger partial charge in [-0.2, -0.15) is 0 Å². The summed E-state index contributed by atoms with van der Waals surface area (Å²) >= 11 is 0. The van der Waals surface area contributed by atoms with Crippen LogP contribution in [0.2, 0.25) is 0 Å². The SMILES string of the molecule is C[C@H](NC(=O)CNC(C)(C)C(=O)N(C)C)C(=O)N(C)C. The molecule has 20 heavy (non-hydrogen) atoms. The Hall–Kier alpha value is -1.63. The van der Waals surface area contributed by atoms with Crippen LogP contribution in [-0.4, -0.2) is 73.8 Å². The molecule has 0 saturated heterocycles. The first kappa shape index (κ1) is 18.4. The van der Waals surface area contributed by atoms with Crippen molar-refractivity contribution < 1.29 is 14.4 Å². The smallest absolute Gasteiger partial charge is 0.244 e. The van der Waals surface area contributed by atoms with E-state index in [1.807, 2.05) is 0 Å². The minimum atomic E-state index is -0.838. The van der Waals surface area contributed by atoms with E-state index in [4.69, 9.17) is 0 Å². The van der Waals surface area contributed by atoms with Crippen molar-refractivity contribution in [3.8, 4) is 0 Å². The highest BCUT2D eigenvalue weighted by Crippen LogP contribution is 2.04. The van der Waals surface area contributed by atoms with Crippen molar-refractivity contribution in [2.75, 3.05) is 34.7 Å². The Morgan fingerprint density at radius 2 is 1.55 bits per heavy atom. The maximum absolute atomic E-state index is 11.9. The second-order valence-corrected chi connectivity index (χ2v) is 5.70. The molecular formula is C13H26N4O3. The Labute approximate surface area is 120 Å². The summed E-state index contributed by atoms with van der Waals surface area (Å²) in [7, 11) is 6.57. The fourth-order valence-electron chi connectivity index (χ4n) is 1.68. The third-order valence-corrected chi connectivity index (χ3v) is 2.82. The zero-order valence-electron chi connectivity index (χ0n) is 13.4. The highest BCUT2D eigenvalue weighted by atomic mass is 16.2. The van der Waals surface area contributed by atoms with Crippen molar-refractivity contribution in [3.05, 3.63) is 0 Å². The molecule has 0 fully saturated rings. The molecule has 7 nitrogen and oxygen atoms in total. The highest BCUT2D eigenvalue weighted by Gasteiger charge is 2.29. The topological polar surface area (TPSA) is 81.8 Å². The first-order valence-electron chi connectivity index (χ1n) is 6.46. The lowest BCUT2D eigenvalue weighted by atomic mass is 10.0. The molecule has 0 heterocycles. The number of likely N-dealkylation sites (N-methyl/N-ethyl adjacent to an activating group) is 2. The molecule has 0 aliphatic carbocycles. The average molecular weight is 286 g/mol. The summed E-state index contributed by atoms with van der Waals surface area (Å²) < 4.78 is 0. The number of nitrogens with one attached hydrogen (secondary N) is 2. The van der Waals surface area contributed by atoms with E-state index in [-0.39, 0.29) is 24.3 Å². The molecule has 0 unspecified atom stereocenters. The monoisotopic (exact) mass is 286 g/mol. The summed E-state index contributed by atoms with van der Waals surface area (Å²) in [6.07, 6.45) is 0. The lowest BCUT2D eigenvalue weighted by Gasteiger charge is -2.28. The summed E-state index contributed by atoms with van der Waals surface area (Å²) in [5.74, 6) is -0.628. The summed E-state index contributed by atoms with van der Waals surface area (Å²) in [4.78, 5) is 38.1. The van der Waals surface area contributed by atoms with E-state index in [1.165, 1.54) is 9.80 Å². The quantitative estimate of drug-likeness (QED) is 0.659. The minimum Gasteiger partial charge on any atom is -0.347 e. The van der Waals surface area contributed by atoms with Crippen LogP contribution in [0.15, 0.2) is 0 Å². The van der Waals surface area contributed by atoms with Crippen LogP contribution in [0.5, 0.6) is 0 Å². The predicted octanol–water partition coefficient (Wildman–Crippen LogP) is -0.964. The van der Waals surface area contributed by atoms with Gasteiger partial charge in [0, 0.05) is 28.2 Å². The molecule has 0 bridgehead atoms. The lowest BCUT2D eigenvalue weighted by Crippen LogP contribution is -2.55. The normalized spacial score (nSPS) is 12.6. The van der Waals surface area contributed by atoms with E-state index < -0.39 is 11.6 Å². The van der Waals surface area contributed by atoms with E-state index in [0.29, 0.717) is 0 Å². The van der Waals surface area contributed by atoms with Gasteiger partial charge in [-0.25, -0.2) is 0 Å². The van der Waals surface area contributed by atoms with Gasteiger partial charge in [-0.1, -0.05) is 0 Å². The van der Waals surface area contributed by atoms with Crippen LogP contribution in [-0.2, 0) is 14.4 Å². The molecule has 0 aliphatic rings. The van der Waals surface area contributed by atoms with Gasteiger partial charge in [0.15, 0.2) is 0 Å². The molecule has 2 N–H and O–H groups in total. The first-order valence-corrected chi connectivity index (χ1v) is 6.46. The van der Waals surface area contributed by atoms with Crippen molar-refractivity contribution in [2.24, 2.45) is 0 Å². The number of hydrogen-bond acceptors (Lipinski definition) is 4. The fraction of sp³-hybridized carbons (Fsp3) is 0.769. The van der Waals surface area contributed by atoms with Gasteiger partial charge in [-0.3, -0.25) is 19.7 Å². The minimum absolute atomic E-state index is 0.0301. The Bertz CT molecular complexity index is 378. The van der Waals surface area contributed by atoms with Crippen molar-refractivity contribution in [3.63, 3.8) is 0 Å². The van der Waals surface area contributed by atoms with E-state index >= 15 is 0 Å². The van der Waals surface area contributed by atoms with Gasteiger partial charge >= 0.3 is 0 Å². The number of hydrogen-bond donors (Lipinski definition) is 2. The van der Waals surface area contributed by atoms with E-state index in [2.05, 4.69) is 10.6 Å². The molecule has 0 aromatic carbocycles. The van der Waals surface area contributed by atoms with Crippen LogP contribution in [0.3, 0.4) is 0 Å². The van der Waals surface area contributed by atoms with Crippen LogP contribution < -0.4 is 10.6 Å². The second kappa shape index (κ2) is 7.23. The van der Waals surface area contributed by atoms with Crippen molar-refractivity contribution in [2.45, 2.75) is 32.4 Å². The molecular weight excluding hydrogens is 260 g/mol. The number of carbonyl (C=O) groups is 3. The Morgan fingerprint density at radius 3 is 1.95 bits per heavy atom. The zero-order chi connectivity index (χ0) is 16.1. The van der Waals surface area contributed by atoms with Crippen molar-refractivity contribution >= 4 is 17.7 Å². The molecule has 0 saturated carbocycles. The third-order valence-electron chi connectivity index (χ3n) is 2.82. The molecule has 0 rings (SSSR count). The summed E-state index contributed by atoms with van der Waals surface area (Å²) in [6, 6.07) is -0.591. The lowest BCUT2D eigenvalue weighted by molar-refractivity contribution is -0.136. The zero-order valence-corrected chi connectivity index (χ0v) is 13.4. The molecule has 0 aromatic rings. The summed E-state index contributed by atoms with van der Waals surface area (Å²) in [5, 5.41) is 5.47. The number of amides is 3. The summed E-state index contributed by atoms with van der Waals surface area (Å²) in [5.41, 5.74) is -0.838. The number of rotatable bonds is 6. The number of carbonyl (C=O) groups excluding carboxylic acids is 3. The predicted molar refractivity (Wildman–Crippen MR) is 77.1 cm³/mol.